The maximum absolute atomic E-state index is 13.7. The van der Waals surface area contributed by atoms with Gasteiger partial charge in [0.1, 0.15) is 5.82 Å². The number of halogens is 1. The van der Waals surface area contributed by atoms with Crippen LogP contribution in [0.2, 0.25) is 0 Å². The second-order valence-corrected chi connectivity index (χ2v) is 6.15. The third-order valence-electron chi connectivity index (χ3n) is 3.76. The van der Waals surface area contributed by atoms with E-state index in [0.29, 0.717) is 24.6 Å². The SMILES string of the molecule is CCNC(=NCc1ccccc1F)NCc1ccccc1CN(C)C. The van der Waals surface area contributed by atoms with Crippen molar-refractivity contribution in [3.05, 3.63) is 71.0 Å². The molecule has 25 heavy (non-hydrogen) atoms. The molecule has 0 aliphatic carbocycles. The van der Waals surface area contributed by atoms with Gasteiger partial charge in [0.25, 0.3) is 0 Å². The van der Waals surface area contributed by atoms with Crippen LogP contribution < -0.4 is 10.6 Å². The molecule has 0 saturated carbocycles. The van der Waals surface area contributed by atoms with Crippen molar-refractivity contribution >= 4 is 5.96 Å². The predicted molar refractivity (Wildman–Crippen MR) is 102 cm³/mol. The summed E-state index contributed by atoms with van der Waals surface area (Å²) in [4.78, 5) is 6.64. The number of nitrogens with one attached hydrogen (secondary N) is 2. The summed E-state index contributed by atoms with van der Waals surface area (Å²) in [6.07, 6.45) is 0. The number of guanidine groups is 1. The molecule has 0 aromatic heterocycles. The maximum Gasteiger partial charge on any atom is 0.191 e. The molecule has 0 unspecified atom stereocenters. The lowest BCUT2D eigenvalue weighted by Gasteiger charge is -2.16. The van der Waals surface area contributed by atoms with Crippen molar-refractivity contribution in [1.82, 2.24) is 15.5 Å². The van der Waals surface area contributed by atoms with Crippen LogP contribution in [-0.2, 0) is 19.6 Å². The number of hydrogen-bond acceptors (Lipinski definition) is 2. The van der Waals surface area contributed by atoms with Crippen molar-refractivity contribution in [2.45, 2.75) is 26.6 Å². The van der Waals surface area contributed by atoms with Gasteiger partial charge >= 0.3 is 0 Å². The van der Waals surface area contributed by atoms with Gasteiger partial charge in [0.15, 0.2) is 5.96 Å². The van der Waals surface area contributed by atoms with Gasteiger partial charge in [0.2, 0.25) is 0 Å². The fourth-order valence-electron chi connectivity index (χ4n) is 2.54. The van der Waals surface area contributed by atoms with Crippen molar-refractivity contribution in [2.24, 2.45) is 4.99 Å². The molecule has 0 aliphatic rings. The fourth-order valence-corrected chi connectivity index (χ4v) is 2.54. The largest absolute Gasteiger partial charge is 0.357 e. The standard InChI is InChI=1S/C20H27FN4/c1-4-22-20(24-14-17-10-7-8-12-19(17)21)23-13-16-9-5-6-11-18(16)15-25(2)3/h5-12H,4,13-15H2,1-3H3,(H2,22,23,24). The lowest BCUT2D eigenvalue weighted by molar-refractivity contribution is 0.400. The molecular weight excluding hydrogens is 315 g/mol. The van der Waals surface area contributed by atoms with Crippen LogP contribution in [0.3, 0.4) is 0 Å². The smallest absolute Gasteiger partial charge is 0.191 e. The van der Waals surface area contributed by atoms with Crippen LogP contribution in [0.5, 0.6) is 0 Å². The first-order valence-corrected chi connectivity index (χ1v) is 8.57. The molecule has 2 aromatic carbocycles. The van der Waals surface area contributed by atoms with Gasteiger partial charge in [0.05, 0.1) is 6.54 Å². The Labute approximate surface area is 149 Å². The number of benzene rings is 2. The van der Waals surface area contributed by atoms with Gasteiger partial charge in [-0.05, 0) is 38.2 Å². The van der Waals surface area contributed by atoms with Crippen molar-refractivity contribution in [2.75, 3.05) is 20.6 Å². The Morgan fingerprint density at radius 2 is 1.60 bits per heavy atom. The highest BCUT2D eigenvalue weighted by Crippen LogP contribution is 2.11. The van der Waals surface area contributed by atoms with E-state index in [1.807, 2.05) is 19.1 Å². The quantitative estimate of drug-likeness (QED) is 0.600. The molecule has 0 amide bonds. The lowest BCUT2D eigenvalue weighted by atomic mass is 10.1. The summed E-state index contributed by atoms with van der Waals surface area (Å²) in [7, 11) is 4.12. The highest BCUT2D eigenvalue weighted by atomic mass is 19.1. The van der Waals surface area contributed by atoms with E-state index < -0.39 is 0 Å². The minimum absolute atomic E-state index is 0.224. The van der Waals surface area contributed by atoms with Gasteiger partial charge in [-0.15, -0.1) is 0 Å². The average molecular weight is 342 g/mol. The Morgan fingerprint density at radius 3 is 2.24 bits per heavy atom. The minimum Gasteiger partial charge on any atom is -0.357 e. The molecule has 0 heterocycles. The molecule has 0 aliphatic heterocycles. The van der Waals surface area contributed by atoms with Crippen LogP contribution in [0.4, 0.5) is 4.39 Å². The van der Waals surface area contributed by atoms with Crippen LogP contribution in [-0.4, -0.2) is 31.5 Å². The predicted octanol–water partition coefficient (Wildman–Crippen LogP) is 3.14. The van der Waals surface area contributed by atoms with Gasteiger partial charge in [-0.2, -0.15) is 0 Å². The summed E-state index contributed by atoms with van der Waals surface area (Å²) in [6, 6.07) is 15.1. The van der Waals surface area contributed by atoms with E-state index in [-0.39, 0.29) is 5.82 Å². The molecule has 0 radical (unpaired) electrons. The first-order chi connectivity index (χ1) is 12.1. The summed E-state index contributed by atoms with van der Waals surface area (Å²) in [5, 5.41) is 6.55. The highest BCUT2D eigenvalue weighted by molar-refractivity contribution is 5.79. The van der Waals surface area contributed by atoms with Crippen LogP contribution >= 0.6 is 0 Å². The Morgan fingerprint density at radius 1 is 0.960 bits per heavy atom. The zero-order chi connectivity index (χ0) is 18.1. The Bertz CT molecular complexity index is 698. The number of aliphatic imine (C=N–C) groups is 1. The van der Waals surface area contributed by atoms with E-state index >= 15 is 0 Å². The molecule has 0 fully saturated rings. The molecule has 2 rings (SSSR count). The Hall–Kier alpha value is -2.40. The van der Waals surface area contributed by atoms with Crippen molar-refractivity contribution in [3.63, 3.8) is 0 Å². The van der Waals surface area contributed by atoms with Crippen LogP contribution in [0.1, 0.15) is 23.6 Å². The van der Waals surface area contributed by atoms with E-state index in [1.54, 1.807) is 12.1 Å². The summed E-state index contributed by atoms with van der Waals surface area (Å²) >= 11 is 0. The number of hydrogen-bond donors (Lipinski definition) is 2. The summed E-state index contributed by atoms with van der Waals surface area (Å²) in [6.45, 7) is 4.64. The second kappa shape index (κ2) is 9.79. The summed E-state index contributed by atoms with van der Waals surface area (Å²) in [5.74, 6) is 0.462. The normalized spacial score (nSPS) is 11.6. The Balaban J connectivity index is 2.05. The lowest BCUT2D eigenvalue weighted by Crippen LogP contribution is -2.37. The van der Waals surface area contributed by atoms with Gasteiger partial charge in [-0.25, -0.2) is 9.38 Å². The summed E-state index contributed by atoms with van der Waals surface area (Å²) < 4.78 is 13.7. The van der Waals surface area contributed by atoms with Crippen molar-refractivity contribution in [1.29, 1.82) is 0 Å². The molecule has 0 spiro atoms. The van der Waals surface area contributed by atoms with Crippen molar-refractivity contribution < 1.29 is 4.39 Å². The molecule has 5 heteroatoms. The zero-order valence-electron chi connectivity index (χ0n) is 15.2. The van der Waals surface area contributed by atoms with Gasteiger partial charge in [0, 0.05) is 25.2 Å². The zero-order valence-corrected chi connectivity index (χ0v) is 15.2. The minimum atomic E-state index is -0.224. The molecule has 2 N–H and O–H groups in total. The fraction of sp³-hybridized carbons (Fsp3) is 0.350. The Kier molecular flexibility index (Phi) is 7.41. The molecule has 2 aromatic rings. The van der Waals surface area contributed by atoms with Gasteiger partial charge in [-0.3, -0.25) is 0 Å². The topological polar surface area (TPSA) is 39.7 Å². The third-order valence-corrected chi connectivity index (χ3v) is 3.76. The van der Waals surface area contributed by atoms with E-state index in [0.717, 1.165) is 13.1 Å². The van der Waals surface area contributed by atoms with Crippen LogP contribution in [0.15, 0.2) is 53.5 Å². The van der Waals surface area contributed by atoms with E-state index in [1.165, 1.54) is 17.2 Å². The molecule has 4 nitrogen and oxygen atoms in total. The monoisotopic (exact) mass is 342 g/mol. The van der Waals surface area contributed by atoms with Gasteiger partial charge in [-0.1, -0.05) is 42.5 Å². The third kappa shape index (κ3) is 6.19. The number of rotatable bonds is 7. The molecule has 0 saturated heterocycles. The molecule has 0 atom stereocenters. The molecular formula is C20H27FN4. The molecule has 134 valence electrons. The first-order valence-electron chi connectivity index (χ1n) is 8.57. The summed E-state index contributed by atoms with van der Waals surface area (Å²) in [5.41, 5.74) is 3.10. The van der Waals surface area contributed by atoms with Crippen LogP contribution in [0.25, 0.3) is 0 Å². The van der Waals surface area contributed by atoms with E-state index in [2.05, 4.69) is 52.8 Å². The highest BCUT2D eigenvalue weighted by Gasteiger charge is 2.05. The van der Waals surface area contributed by atoms with Crippen molar-refractivity contribution in [3.8, 4) is 0 Å². The second-order valence-electron chi connectivity index (χ2n) is 6.15. The number of nitrogens with zero attached hydrogens (tertiary/aromatic N) is 2. The average Bonchev–Trinajstić information content (AvgIpc) is 2.59. The van der Waals surface area contributed by atoms with Gasteiger partial charge < -0.3 is 15.5 Å². The first kappa shape index (κ1) is 18.9. The van der Waals surface area contributed by atoms with Crippen LogP contribution in [0, 0.1) is 5.82 Å². The van der Waals surface area contributed by atoms with E-state index in [4.69, 9.17) is 0 Å². The maximum atomic E-state index is 13.7. The molecule has 0 bridgehead atoms. The van der Waals surface area contributed by atoms with E-state index in [9.17, 15) is 4.39 Å².